The molecule has 0 radical (unpaired) electrons. The highest BCUT2D eigenvalue weighted by Gasteiger charge is 2.24. The molecule has 2 amide bonds. The average Bonchev–Trinajstić information content (AvgIpc) is 3.01. The Morgan fingerprint density at radius 2 is 2.00 bits per heavy atom. The highest BCUT2D eigenvalue weighted by atomic mass is 16.2. The molecule has 0 aromatic carbocycles. The molecule has 0 atom stereocenters. The van der Waals surface area contributed by atoms with Crippen LogP contribution in [0.3, 0.4) is 0 Å². The smallest absolute Gasteiger partial charge is 0.239 e. The van der Waals surface area contributed by atoms with Crippen LogP contribution < -0.4 is 5.32 Å². The Morgan fingerprint density at radius 3 is 2.56 bits per heavy atom. The third-order valence-electron chi connectivity index (χ3n) is 2.74. The van der Waals surface area contributed by atoms with E-state index in [-0.39, 0.29) is 18.4 Å². The van der Waals surface area contributed by atoms with E-state index >= 15 is 0 Å². The van der Waals surface area contributed by atoms with Gasteiger partial charge in [-0.15, -0.1) is 0 Å². The molecule has 1 aliphatic rings. The van der Waals surface area contributed by atoms with E-state index in [0.717, 1.165) is 32.1 Å². The largest absolute Gasteiger partial charge is 0.352 e. The minimum Gasteiger partial charge on any atom is -0.352 e. The second-order valence-electron chi connectivity index (χ2n) is 4.55. The van der Waals surface area contributed by atoms with Crippen LogP contribution in [0.15, 0.2) is 0 Å². The molecule has 4 nitrogen and oxygen atoms in total. The summed E-state index contributed by atoms with van der Waals surface area (Å²) in [6.45, 7) is 2.30. The van der Waals surface area contributed by atoms with Gasteiger partial charge in [-0.25, -0.2) is 0 Å². The molecule has 0 aromatic rings. The fourth-order valence-electron chi connectivity index (χ4n) is 1.52. The molecule has 16 heavy (non-hydrogen) atoms. The Kier molecular flexibility index (Phi) is 5.29. The molecule has 0 aliphatic heterocycles. The minimum absolute atomic E-state index is 0.0335. The Morgan fingerprint density at radius 1 is 1.31 bits per heavy atom. The van der Waals surface area contributed by atoms with Crippen molar-refractivity contribution in [3.63, 3.8) is 0 Å². The van der Waals surface area contributed by atoms with Crippen molar-refractivity contribution in [2.75, 3.05) is 13.6 Å². The molecule has 0 unspecified atom stereocenters. The van der Waals surface area contributed by atoms with Gasteiger partial charge in [0.2, 0.25) is 11.8 Å². The number of amides is 2. The molecule has 4 heteroatoms. The quantitative estimate of drug-likeness (QED) is 0.665. The van der Waals surface area contributed by atoms with E-state index < -0.39 is 0 Å². The van der Waals surface area contributed by atoms with E-state index in [0.29, 0.717) is 12.5 Å². The van der Waals surface area contributed by atoms with Crippen LogP contribution in [0.1, 0.15) is 45.4 Å². The van der Waals surface area contributed by atoms with E-state index in [1.165, 1.54) is 4.90 Å². The predicted molar refractivity (Wildman–Crippen MR) is 62.9 cm³/mol. The van der Waals surface area contributed by atoms with Gasteiger partial charge in [-0.3, -0.25) is 9.59 Å². The first-order chi connectivity index (χ1) is 7.63. The molecule has 0 saturated heterocycles. The van der Waals surface area contributed by atoms with Crippen LogP contribution in [-0.2, 0) is 9.59 Å². The number of likely N-dealkylation sites (N-methyl/N-ethyl adjacent to an activating group) is 1. The van der Waals surface area contributed by atoms with Crippen molar-refractivity contribution in [2.24, 2.45) is 0 Å². The van der Waals surface area contributed by atoms with E-state index in [2.05, 4.69) is 12.2 Å². The van der Waals surface area contributed by atoms with Crippen LogP contribution in [0.2, 0.25) is 0 Å². The molecule has 1 rings (SSSR count). The van der Waals surface area contributed by atoms with Gasteiger partial charge in [0, 0.05) is 19.5 Å². The van der Waals surface area contributed by atoms with Gasteiger partial charge < -0.3 is 10.2 Å². The highest BCUT2D eigenvalue weighted by molar-refractivity contribution is 5.84. The van der Waals surface area contributed by atoms with Crippen LogP contribution in [-0.4, -0.2) is 36.3 Å². The van der Waals surface area contributed by atoms with Crippen molar-refractivity contribution in [3.8, 4) is 0 Å². The van der Waals surface area contributed by atoms with Gasteiger partial charge >= 0.3 is 0 Å². The first-order valence-corrected chi connectivity index (χ1v) is 6.16. The highest BCUT2D eigenvalue weighted by Crippen LogP contribution is 2.18. The molecule has 0 aromatic heterocycles. The van der Waals surface area contributed by atoms with Crippen LogP contribution in [0.5, 0.6) is 0 Å². The van der Waals surface area contributed by atoms with Crippen LogP contribution in [0, 0.1) is 0 Å². The lowest BCUT2D eigenvalue weighted by molar-refractivity contribution is -0.134. The van der Waals surface area contributed by atoms with Gasteiger partial charge in [-0.2, -0.15) is 0 Å². The third-order valence-corrected chi connectivity index (χ3v) is 2.74. The SMILES string of the molecule is CCCCCC(=O)N(C)CC(=O)NC1CC1. The van der Waals surface area contributed by atoms with Crippen LogP contribution in [0.25, 0.3) is 0 Å². The fraction of sp³-hybridized carbons (Fsp3) is 0.833. The maximum absolute atomic E-state index is 11.6. The lowest BCUT2D eigenvalue weighted by Crippen LogP contribution is -2.39. The fourth-order valence-corrected chi connectivity index (χ4v) is 1.52. The van der Waals surface area contributed by atoms with Crippen molar-refractivity contribution in [1.82, 2.24) is 10.2 Å². The van der Waals surface area contributed by atoms with Gasteiger partial charge in [-0.05, 0) is 19.3 Å². The van der Waals surface area contributed by atoms with Gasteiger partial charge in [0.25, 0.3) is 0 Å². The van der Waals surface area contributed by atoms with Gasteiger partial charge in [0.05, 0.1) is 6.54 Å². The summed E-state index contributed by atoms with van der Waals surface area (Å²) in [5, 5.41) is 2.87. The molecule has 1 N–H and O–H groups in total. The maximum Gasteiger partial charge on any atom is 0.239 e. The number of carbonyl (C=O) groups is 2. The zero-order chi connectivity index (χ0) is 12.0. The van der Waals surface area contributed by atoms with Crippen LogP contribution >= 0.6 is 0 Å². The average molecular weight is 226 g/mol. The predicted octanol–water partition coefficient (Wildman–Crippen LogP) is 1.30. The summed E-state index contributed by atoms with van der Waals surface area (Å²) in [5.41, 5.74) is 0. The van der Waals surface area contributed by atoms with Crippen molar-refractivity contribution in [3.05, 3.63) is 0 Å². The summed E-state index contributed by atoms with van der Waals surface area (Å²) in [6.07, 6.45) is 5.83. The molecule has 0 heterocycles. The number of nitrogens with one attached hydrogen (secondary N) is 1. The lowest BCUT2D eigenvalue weighted by atomic mass is 10.2. The normalized spacial score (nSPS) is 14.6. The van der Waals surface area contributed by atoms with Gasteiger partial charge in [0.1, 0.15) is 0 Å². The van der Waals surface area contributed by atoms with Crippen molar-refractivity contribution in [1.29, 1.82) is 0 Å². The number of carbonyl (C=O) groups excluding carboxylic acids is 2. The van der Waals surface area contributed by atoms with Crippen molar-refractivity contribution < 1.29 is 9.59 Å². The zero-order valence-corrected chi connectivity index (χ0v) is 10.3. The first-order valence-electron chi connectivity index (χ1n) is 6.16. The molecular formula is C12H22N2O2. The van der Waals surface area contributed by atoms with E-state index in [1.807, 2.05) is 0 Å². The summed E-state index contributed by atoms with van der Waals surface area (Å²) in [7, 11) is 1.70. The second kappa shape index (κ2) is 6.51. The molecule has 92 valence electrons. The monoisotopic (exact) mass is 226 g/mol. The van der Waals surface area contributed by atoms with E-state index in [1.54, 1.807) is 7.05 Å². The van der Waals surface area contributed by atoms with Crippen molar-refractivity contribution in [2.45, 2.75) is 51.5 Å². The Balaban J connectivity index is 2.13. The number of rotatable bonds is 7. The lowest BCUT2D eigenvalue weighted by Gasteiger charge is -2.16. The summed E-state index contributed by atoms with van der Waals surface area (Å²) >= 11 is 0. The summed E-state index contributed by atoms with van der Waals surface area (Å²) in [4.78, 5) is 24.6. The van der Waals surface area contributed by atoms with Gasteiger partial charge in [-0.1, -0.05) is 19.8 Å². The summed E-state index contributed by atoms with van der Waals surface area (Å²) in [5.74, 6) is 0.0354. The molecule has 1 aliphatic carbocycles. The van der Waals surface area contributed by atoms with E-state index in [9.17, 15) is 9.59 Å². The molecule has 1 fully saturated rings. The molecule has 0 bridgehead atoms. The number of hydrogen-bond acceptors (Lipinski definition) is 2. The Labute approximate surface area is 97.4 Å². The number of unbranched alkanes of at least 4 members (excludes halogenated alkanes) is 2. The Hall–Kier alpha value is -1.06. The standard InChI is InChI=1S/C12H22N2O2/c1-3-4-5-6-12(16)14(2)9-11(15)13-10-7-8-10/h10H,3-9H2,1-2H3,(H,13,15). The van der Waals surface area contributed by atoms with Crippen LogP contribution in [0.4, 0.5) is 0 Å². The third kappa shape index (κ3) is 5.14. The number of nitrogens with zero attached hydrogens (tertiary/aromatic N) is 1. The molecular weight excluding hydrogens is 204 g/mol. The van der Waals surface area contributed by atoms with Gasteiger partial charge in [0.15, 0.2) is 0 Å². The zero-order valence-electron chi connectivity index (χ0n) is 10.3. The van der Waals surface area contributed by atoms with Crippen molar-refractivity contribution >= 4 is 11.8 Å². The topological polar surface area (TPSA) is 49.4 Å². The minimum atomic E-state index is -0.0335. The molecule has 1 saturated carbocycles. The Bertz CT molecular complexity index is 249. The molecule has 0 spiro atoms. The number of hydrogen-bond donors (Lipinski definition) is 1. The van der Waals surface area contributed by atoms with E-state index in [4.69, 9.17) is 0 Å². The summed E-state index contributed by atoms with van der Waals surface area (Å²) in [6, 6.07) is 0.371. The second-order valence-corrected chi connectivity index (χ2v) is 4.55. The maximum atomic E-state index is 11.6. The first kappa shape index (κ1) is 13.0. The summed E-state index contributed by atoms with van der Waals surface area (Å²) < 4.78 is 0.